The Morgan fingerprint density at radius 3 is 2.44 bits per heavy atom. The number of hydrogen-bond acceptors (Lipinski definition) is 3. The van der Waals surface area contributed by atoms with Gasteiger partial charge in [0.1, 0.15) is 0 Å². The van der Waals surface area contributed by atoms with Crippen LogP contribution in [-0.2, 0) is 9.59 Å². The summed E-state index contributed by atoms with van der Waals surface area (Å²) in [6.07, 6.45) is 3.33. The Kier molecular flexibility index (Phi) is 4.22. The van der Waals surface area contributed by atoms with Crippen LogP contribution in [0.2, 0.25) is 0 Å². The third-order valence-electron chi connectivity index (χ3n) is 4.22. The molecule has 2 unspecified atom stereocenters. The van der Waals surface area contributed by atoms with Crippen LogP contribution in [-0.4, -0.2) is 42.4 Å². The number of primary amides is 1. The maximum absolute atomic E-state index is 12.3. The van der Waals surface area contributed by atoms with Crippen molar-refractivity contribution in [3.8, 4) is 0 Å². The molecule has 0 aromatic rings. The summed E-state index contributed by atoms with van der Waals surface area (Å²) in [4.78, 5) is 25.1. The minimum absolute atomic E-state index is 0.00214. The summed E-state index contributed by atoms with van der Waals surface area (Å²) in [5.41, 5.74) is 5.21. The number of nitrogens with zero attached hydrogens (tertiary/aromatic N) is 1. The molecule has 0 saturated carbocycles. The molecule has 5 nitrogen and oxygen atoms in total. The zero-order valence-corrected chi connectivity index (χ0v) is 11.0. The Balaban J connectivity index is 1.82. The van der Waals surface area contributed by atoms with Gasteiger partial charge in [-0.1, -0.05) is 6.92 Å². The van der Waals surface area contributed by atoms with Gasteiger partial charge in [-0.05, 0) is 37.6 Å². The molecule has 2 aliphatic heterocycles. The van der Waals surface area contributed by atoms with Gasteiger partial charge < -0.3 is 16.0 Å². The smallest absolute Gasteiger partial charge is 0.239 e. The lowest BCUT2D eigenvalue weighted by molar-refractivity contribution is -0.135. The van der Waals surface area contributed by atoms with Crippen molar-refractivity contribution in [3.63, 3.8) is 0 Å². The third-order valence-corrected chi connectivity index (χ3v) is 4.22. The van der Waals surface area contributed by atoms with Crippen LogP contribution in [0.4, 0.5) is 0 Å². The maximum atomic E-state index is 12.3. The monoisotopic (exact) mass is 253 g/mol. The van der Waals surface area contributed by atoms with E-state index in [9.17, 15) is 9.59 Å². The van der Waals surface area contributed by atoms with E-state index in [0.717, 1.165) is 38.9 Å². The molecule has 2 fully saturated rings. The van der Waals surface area contributed by atoms with Gasteiger partial charge >= 0.3 is 0 Å². The second-order valence-electron chi connectivity index (χ2n) is 5.64. The van der Waals surface area contributed by atoms with Crippen molar-refractivity contribution < 1.29 is 9.59 Å². The van der Waals surface area contributed by atoms with Crippen molar-refractivity contribution in [2.75, 3.05) is 19.6 Å². The fraction of sp³-hybridized carbons (Fsp3) is 0.846. The second-order valence-corrected chi connectivity index (χ2v) is 5.64. The molecule has 0 aromatic carbocycles. The molecule has 2 saturated heterocycles. The van der Waals surface area contributed by atoms with E-state index in [1.807, 2.05) is 4.90 Å². The van der Waals surface area contributed by atoms with Crippen molar-refractivity contribution >= 4 is 11.8 Å². The van der Waals surface area contributed by atoms with Crippen LogP contribution >= 0.6 is 0 Å². The molecule has 2 amide bonds. The zero-order valence-electron chi connectivity index (χ0n) is 11.0. The van der Waals surface area contributed by atoms with Crippen molar-refractivity contribution in [1.82, 2.24) is 10.2 Å². The molecule has 2 heterocycles. The van der Waals surface area contributed by atoms with E-state index in [0.29, 0.717) is 18.3 Å². The van der Waals surface area contributed by atoms with Crippen LogP contribution in [0, 0.1) is 11.8 Å². The first-order chi connectivity index (χ1) is 8.58. The normalized spacial score (nSPS) is 29.5. The summed E-state index contributed by atoms with van der Waals surface area (Å²) in [5.74, 6) is 0.796. The van der Waals surface area contributed by atoms with Gasteiger partial charge in [0.2, 0.25) is 11.8 Å². The average Bonchev–Trinajstić information content (AvgIpc) is 2.75. The summed E-state index contributed by atoms with van der Waals surface area (Å²) < 4.78 is 0. The fourth-order valence-electron chi connectivity index (χ4n) is 3.00. The molecule has 0 bridgehead atoms. The van der Waals surface area contributed by atoms with Crippen LogP contribution < -0.4 is 11.1 Å². The summed E-state index contributed by atoms with van der Waals surface area (Å²) in [6, 6.07) is -0.00214. The maximum Gasteiger partial charge on any atom is 0.239 e. The first kappa shape index (κ1) is 13.3. The van der Waals surface area contributed by atoms with E-state index in [4.69, 9.17) is 5.73 Å². The van der Waals surface area contributed by atoms with Crippen molar-refractivity contribution in [2.24, 2.45) is 17.6 Å². The highest BCUT2D eigenvalue weighted by Gasteiger charge is 2.34. The van der Waals surface area contributed by atoms with Gasteiger partial charge in [-0.15, -0.1) is 0 Å². The fourth-order valence-corrected chi connectivity index (χ4v) is 3.00. The van der Waals surface area contributed by atoms with E-state index < -0.39 is 0 Å². The van der Waals surface area contributed by atoms with Gasteiger partial charge in [-0.3, -0.25) is 9.59 Å². The molecule has 3 N–H and O–H groups in total. The van der Waals surface area contributed by atoms with Gasteiger partial charge in [0.15, 0.2) is 0 Å². The Labute approximate surface area is 108 Å². The largest absolute Gasteiger partial charge is 0.370 e. The van der Waals surface area contributed by atoms with Crippen LogP contribution in [0.5, 0.6) is 0 Å². The lowest BCUT2D eigenvalue weighted by Crippen LogP contribution is -2.49. The Morgan fingerprint density at radius 2 is 1.94 bits per heavy atom. The molecular weight excluding hydrogens is 230 g/mol. The quantitative estimate of drug-likeness (QED) is 0.749. The van der Waals surface area contributed by atoms with E-state index >= 15 is 0 Å². The molecule has 18 heavy (non-hydrogen) atoms. The number of amides is 2. The van der Waals surface area contributed by atoms with E-state index in [-0.39, 0.29) is 17.9 Å². The van der Waals surface area contributed by atoms with Crippen LogP contribution in [0.1, 0.15) is 32.6 Å². The van der Waals surface area contributed by atoms with Crippen LogP contribution in [0.3, 0.4) is 0 Å². The van der Waals surface area contributed by atoms with E-state index in [1.165, 1.54) is 0 Å². The van der Waals surface area contributed by atoms with E-state index in [2.05, 4.69) is 12.2 Å². The number of nitrogens with two attached hydrogens (primary N) is 1. The number of likely N-dealkylation sites (tertiary alicyclic amines) is 1. The lowest BCUT2D eigenvalue weighted by Gasteiger charge is -2.34. The van der Waals surface area contributed by atoms with Gasteiger partial charge in [0.25, 0.3) is 0 Å². The van der Waals surface area contributed by atoms with Crippen LogP contribution in [0.25, 0.3) is 0 Å². The predicted octanol–water partition coefficient (Wildman–Crippen LogP) is 0.0984. The standard InChI is InChI=1S/C13H23N3O2/c1-9-2-5-15-12(9)13(18)16-6-3-10(4-7-16)8-11(14)17/h9-10,12,15H,2-8H2,1H3,(H2,14,17). The minimum atomic E-state index is -0.231. The molecule has 2 rings (SSSR count). The van der Waals surface area contributed by atoms with Crippen molar-refractivity contribution in [1.29, 1.82) is 0 Å². The lowest BCUT2D eigenvalue weighted by atomic mass is 9.92. The zero-order chi connectivity index (χ0) is 13.1. The molecule has 0 spiro atoms. The number of piperidine rings is 1. The highest BCUT2D eigenvalue weighted by atomic mass is 16.2. The number of rotatable bonds is 3. The van der Waals surface area contributed by atoms with Gasteiger partial charge in [-0.25, -0.2) is 0 Å². The second kappa shape index (κ2) is 5.69. The number of carbonyl (C=O) groups is 2. The van der Waals surface area contributed by atoms with Crippen LogP contribution in [0.15, 0.2) is 0 Å². The van der Waals surface area contributed by atoms with Crippen molar-refractivity contribution in [2.45, 2.75) is 38.6 Å². The average molecular weight is 253 g/mol. The molecule has 102 valence electrons. The molecule has 0 aromatic heterocycles. The van der Waals surface area contributed by atoms with Gasteiger partial charge in [0, 0.05) is 19.5 Å². The summed E-state index contributed by atoms with van der Waals surface area (Å²) in [7, 11) is 0. The highest BCUT2D eigenvalue weighted by Crippen LogP contribution is 2.23. The van der Waals surface area contributed by atoms with Crippen molar-refractivity contribution in [3.05, 3.63) is 0 Å². The number of carbonyl (C=O) groups excluding carboxylic acids is 2. The molecular formula is C13H23N3O2. The molecule has 0 aliphatic carbocycles. The topological polar surface area (TPSA) is 75.4 Å². The number of hydrogen-bond donors (Lipinski definition) is 2. The summed E-state index contributed by atoms with van der Waals surface area (Å²) >= 11 is 0. The molecule has 2 aliphatic rings. The Morgan fingerprint density at radius 1 is 1.28 bits per heavy atom. The van der Waals surface area contributed by atoms with Gasteiger partial charge in [0.05, 0.1) is 6.04 Å². The molecule has 0 radical (unpaired) electrons. The van der Waals surface area contributed by atoms with E-state index in [1.54, 1.807) is 0 Å². The summed E-state index contributed by atoms with van der Waals surface area (Å²) in [6.45, 7) is 4.60. The van der Waals surface area contributed by atoms with Gasteiger partial charge in [-0.2, -0.15) is 0 Å². The highest BCUT2D eigenvalue weighted by molar-refractivity contribution is 5.82. The Bertz CT molecular complexity index is 324. The number of nitrogens with one attached hydrogen (secondary N) is 1. The molecule has 2 atom stereocenters. The summed E-state index contributed by atoms with van der Waals surface area (Å²) in [5, 5.41) is 3.28. The third kappa shape index (κ3) is 3.02. The minimum Gasteiger partial charge on any atom is -0.370 e. The SMILES string of the molecule is CC1CCNC1C(=O)N1CCC(CC(N)=O)CC1. The Hall–Kier alpha value is -1.10. The first-order valence-electron chi connectivity index (χ1n) is 6.88. The molecule has 5 heteroatoms. The first-order valence-corrected chi connectivity index (χ1v) is 6.88. The predicted molar refractivity (Wildman–Crippen MR) is 68.7 cm³/mol.